The number of nitrogens with one attached hydrogen (secondary N) is 1. The molecule has 6 rings (SSSR count). The predicted molar refractivity (Wildman–Crippen MR) is 182 cm³/mol. The van der Waals surface area contributed by atoms with Gasteiger partial charge in [-0.05, 0) is 60.5 Å². The van der Waals surface area contributed by atoms with Crippen LogP contribution in [0.15, 0.2) is 103 Å². The maximum atomic E-state index is 14.3. The maximum Gasteiger partial charge on any atom is 0.258 e. The highest BCUT2D eigenvalue weighted by atomic mass is 35.5. The first-order valence-electron chi connectivity index (χ1n) is 13.7. The van der Waals surface area contributed by atoms with E-state index >= 15 is 0 Å². The maximum absolute atomic E-state index is 14.3. The highest BCUT2D eigenvalue weighted by Gasteiger charge is 2.23. The first-order chi connectivity index (χ1) is 22.5. The van der Waals surface area contributed by atoms with E-state index in [9.17, 15) is 18.0 Å². The quantitative estimate of drug-likeness (QED) is 0.181. The van der Waals surface area contributed by atoms with Gasteiger partial charge in [0, 0.05) is 50.8 Å². The third-order valence-corrected chi connectivity index (χ3v) is 7.90. The van der Waals surface area contributed by atoms with Gasteiger partial charge in [-0.15, -0.1) is 5.10 Å². The molecule has 0 aliphatic heterocycles. The van der Waals surface area contributed by atoms with E-state index < -0.39 is 23.0 Å². The second kappa shape index (κ2) is 15.0. The van der Waals surface area contributed by atoms with Crippen LogP contribution in [0.4, 0.5) is 18.9 Å². The van der Waals surface area contributed by atoms with E-state index in [-0.39, 0.29) is 21.8 Å². The summed E-state index contributed by atoms with van der Waals surface area (Å²) in [5, 5.41) is 11.7. The van der Waals surface area contributed by atoms with Crippen molar-refractivity contribution in [3.63, 3.8) is 0 Å². The summed E-state index contributed by atoms with van der Waals surface area (Å²) in [5.74, 6) is -3.46. The molecule has 2 heterocycles. The third-order valence-electron chi connectivity index (χ3n) is 6.83. The lowest BCUT2D eigenvalue weighted by Crippen LogP contribution is -2.13. The summed E-state index contributed by atoms with van der Waals surface area (Å²) in [6.07, 6.45) is 1.54. The Kier molecular flexibility index (Phi) is 10.8. The van der Waals surface area contributed by atoms with Crippen LogP contribution in [0.25, 0.3) is 33.4 Å². The number of amides is 1. The number of carbonyl (C=O) groups is 1. The fourth-order valence-electron chi connectivity index (χ4n) is 4.70. The fourth-order valence-corrected chi connectivity index (χ4v) is 5.38. The summed E-state index contributed by atoms with van der Waals surface area (Å²) in [6.45, 7) is 1.64. The zero-order valence-corrected chi connectivity index (χ0v) is 27.2. The van der Waals surface area contributed by atoms with Gasteiger partial charge in [0.2, 0.25) is 0 Å². The molecule has 0 spiro atoms. The van der Waals surface area contributed by atoms with Crippen LogP contribution in [0.3, 0.4) is 0 Å². The molecule has 0 saturated carbocycles. The standard InChI is InChI=1S/C18H12Cl2N2O.C17H9Cl2F3N2/c19-13-9-7-12(8-10-13)14-4-1-2-6-16(14)22-18(23)15-5-3-11-21-17(15)20;1-8-14(9-2-4-10(18)5-3-9)16(17(19)24-23-8)15-12(21)6-11(20)7-13(15)22/h1-11H,(H,22,23);2-7H,1H3. The lowest BCUT2D eigenvalue weighted by Gasteiger charge is -2.15. The van der Waals surface area contributed by atoms with Crippen LogP contribution in [0.1, 0.15) is 16.1 Å². The smallest absolute Gasteiger partial charge is 0.258 e. The average Bonchev–Trinajstić information content (AvgIpc) is 3.04. The van der Waals surface area contributed by atoms with E-state index in [1.807, 2.05) is 48.5 Å². The van der Waals surface area contributed by atoms with Gasteiger partial charge in [-0.3, -0.25) is 4.79 Å². The Bertz CT molecular complexity index is 2060. The van der Waals surface area contributed by atoms with Crippen LogP contribution >= 0.6 is 46.4 Å². The lowest BCUT2D eigenvalue weighted by atomic mass is 9.94. The summed E-state index contributed by atoms with van der Waals surface area (Å²) >= 11 is 23.9. The molecular weight excluding hydrogens is 691 g/mol. The second-order valence-corrected chi connectivity index (χ2v) is 11.5. The van der Waals surface area contributed by atoms with Crippen molar-refractivity contribution in [3.8, 4) is 33.4 Å². The Balaban J connectivity index is 0.000000185. The number of pyridine rings is 1. The monoisotopic (exact) mass is 710 g/mol. The highest BCUT2D eigenvalue weighted by Crippen LogP contribution is 2.40. The summed E-state index contributed by atoms with van der Waals surface area (Å²) in [5.41, 5.74) is 3.87. The molecule has 0 saturated heterocycles. The number of halogens is 7. The van der Waals surface area contributed by atoms with Crippen molar-refractivity contribution < 1.29 is 18.0 Å². The van der Waals surface area contributed by atoms with Gasteiger partial charge in [-0.2, -0.15) is 5.10 Å². The van der Waals surface area contributed by atoms with E-state index in [4.69, 9.17) is 46.4 Å². The van der Waals surface area contributed by atoms with Crippen LogP contribution in [0.2, 0.25) is 20.4 Å². The Morgan fingerprint density at radius 2 is 1.26 bits per heavy atom. The normalized spacial score (nSPS) is 10.6. The molecule has 0 fully saturated rings. The molecular formula is C35H21Cl4F3N4O. The van der Waals surface area contributed by atoms with Gasteiger partial charge in [-0.1, -0.05) is 88.9 Å². The molecule has 5 nitrogen and oxygen atoms in total. The summed E-state index contributed by atoms with van der Waals surface area (Å²) in [4.78, 5) is 16.3. The van der Waals surface area contributed by atoms with E-state index in [2.05, 4.69) is 20.5 Å². The molecule has 0 atom stereocenters. The minimum atomic E-state index is -1.07. The van der Waals surface area contributed by atoms with E-state index in [0.29, 0.717) is 50.2 Å². The second-order valence-electron chi connectivity index (χ2n) is 9.93. The number of aryl methyl sites for hydroxylation is 1. The molecule has 12 heteroatoms. The van der Waals surface area contributed by atoms with Crippen LogP contribution < -0.4 is 5.32 Å². The Labute approximate surface area is 288 Å². The van der Waals surface area contributed by atoms with E-state index in [1.54, 1.807) is 49.5 Å². The highest BCUT2D eigenvalue weighted by molar-refractivity contribution is 6.33. The van der Waals surface area contributed by atoms with Gasteiger partial charge in [0.25, 0.3) is 5.91 Å². The van der Waals surface area contributed by atoms with Crippen LogP contribution in [0.5, 0.6) is 0 Å². The van der Waals surface area contributed by atoms with Crippen molar-refractivity contribution in [2.24, 2.45) is 0 Å². The van der Waals surface area contributed by atoms with Crippen LogP contribution in [0, 0.1) is 24.4 Å². The van der Waals surface area contributed by atoms with Crippen molar-refractivity contribution in [1.29, 1.82) is 0 Å². The first-order valence-corrected chi connectivity index (χ1v) is 15.2. The summed E-state index contributed by atoms with van der Waals surface area (Å²) in [7, 11) is 0. The number of carbonyl (C=O) groups excluding carboxylic acids is 1. The number of anilines is 1. The number of aromatic nitrogens is 3. The predicted octanol–water partition coefficient (Wildman–Crippen LogP) is 11.2. The molecule has 0 bridgehead atoms. The summed E-state index contributed by atoms with van der Waals surface area (Å²) < 4.78 is 41.7. The Hall–Kier alpha value is -4.47. The van der Waals surface area contributed by atoms with Crippen LogP contribution in [-0.2, 0) is 0 Å². The molecule has 0 aliphatic rings. The van der Waals surface area contributed by atoms with Crippen molar-refractivity contribution in [3.05, 3.63) is 152 Å². The third kappa shape index (κ3) is 7.92. The SMILES string of the molecule is Cc1nnc(Cl)c(-c2c(F)cc(F)cc2F)c1-c1ccc(Cl)cc1.O=C(Nc1ccccc1-c1ccc(Cl)cc1)c1cccnc1Cl. The molecule has 6 aromatic rings. The fraction of sp³-hybridized carbons (Fsp3) is 0.0286. The molecule has 0 radical (unpaired) electrons. The van der Waals surface area contributed by atoms with Gasteiger partial charge in [0.1, 0.15) is 22.6 Å². The molecule has 1 N–H and O–H groups in total. The minimum Gasteiger partial charge on any atom is -0.321 e. The van der Waals surface area contributed by atoms with Gasteiger partial charge in [0.05, 0.1) is 16.8 Å². The number of hydrogen-bond donors (Lipinski definition) is 1. The van der Waals surface area contributed by atoms with Gasteiger partial charge >= 0.3 is 0 Å². The number of para-hydroxylation sites is 1. The molecule has 47 heavy (non-hydrogen) atoms. The van der Waals surface area contributed by atoms with Gasteiger partial charge < -0.3 is 5.32 Å². The topological polar surface area (TPSA) is 67.8 Å². The van der Waals surface area contributed by atoms with E-state index in [0.717, 1.165) is 11.1 Å². The average molecular weight is 712 g/mol. The molecule has 1 amide bonds. The first kappa shape index (κ1) is 33.9. The number of rotatable bonds is 5. The van der Waals surface area contributed by atoms with Crippen molar-refractivity contribution in [1.82, 2.24) is 15.2 Å². The Morgan fingerprint density at radius 3 is 1.87 bits per heavy atom. The van der Waals surface area contributed by atoms with Crippen molar-refractivity contribution in [2.45, 2.75) is 6.92 Å². The molecule has 4 aromatic carbocycles. The van der Waals surface area contributed by atoms with Gasteiger partial charge in [-0.25, -0.2) is 18.2 Å². The minimum absolute atomic E-state index is 0.0153. The lowest BCUT2D eigenvalue weighted by molar-refractivity contribution is 0.102. The molecule has 0 unspecified atom stereocenters. The largest absolute Gasteiger partial charge is 0.321 e. The number of hydrogen-bond acceptors (Lipinski definition) is 4. The molecule has 0 aliphatic carbocycles. The molecule has 2 aromatic heterocycles. The number of benzene rings is 4. The Morgan fingerprint density at radius 1 is 0.660 bits per heavy atom. The van der Waals surface area contributed by atoms with Crippen molar-refractivity contribution >= 4 is 58.0 Å². The summed E-state index contributed by atoms with van der Waals surface area (Å²) in [6, 6.07) is 26.1. The zero-order valence-electron chi connectivity index (χ0n) is 24.2. The van der Waals surface area contributed by atoms with Crippen molar-refractivity contribution in [2.75, 3.05) is 5.32 Å². The van der Waals surface area contributed by atoms with Crippen LogP contribution in [-0.4, -0.2) is 21.1 Å². The zero-order chi connectivity index (χ0) is 33.7. The number of nitrogens with zero attached hydrogens (tertiary/aromatic N) is 3. The molecule has 236 valence electrons. The van der Waals surface area contributed by atoms with Gasteiger partial charge in [0.15, 0.2) is 5.15 Å². The van der Waals surface area contributed by atoms with E-state index in [1.165, 1.54) is 0 Å².